The molecule has 0 aliphatic carbocycles. The number of pyridine rings is 1. The molecule has 4 rings (SSSR count). The molecule has 0 saturated carbocycles. The summed E-state index contributed by atoms with van der Waals surface area (Å²) in [6.07, 6.45) is 4.53. The summed E-state index contributed by atoms with van der Waals surface area (Å²) in [7, 11) is 1.79. The molecule has 1 unspecified atom stereocenters. The SMILES string of the molecule is CCc1cccc(-c2cnc(C(=O)O)c(NC3(CN(C=O)CC4CCN(C)C(=O)C4)COC3)c2)c1. The molecule has 2 amide bonds. The van der Waals surface area contributed by atoms with Gasteiger partial charge in [-0.25, -0.2) is 9.78 Å². The molecule has 1 aromatic carbocycles. The van der Waals surface area contributed by atoms with Gasteiger partial charge in [-0.2, -0.15) is 0 Å². The standard InChI is InChI=1S/C26H32N4O5/c1-3-18-5-4-6-20(9-18)21-11-22(24(25(33)34)27-12-21)28-26(15-35-16-26)14-30(17-31)13-19-7-8-29(2)23(32)10-19/h4-6,9,11-12,17,19,28H,3,7-8,10,13-16H2,1-2H3,(H,33,34). The van der Waals surface area contributed by atoms with E-state index < -0.39 is 11.5 Å². The van der Waals surface area contributed by atoms with Crippen LogP contribution in [0.25, 0.3) is 11.1 Å². The molecule has 9 nitrogen and oxygen atoms in total. The number of carboxylic acids is 1. The molecule has 3 heterocycles. The maximum atomic E-state index is 12.1. The summed E-state index contributed by atoms with van der Waals surface area (Å²) in [6, 6.07) is 9.87. The number of piperidine rings is 1. The van der Waals surface area contributed by atoms with Crippen molar-refractivity contribution in [3.8, 4) is 11.1 Å². The first kappa shape index (κ1) is 24.7. The number of rotatable bonds is 10. The molecule has 1 aromatic heterocycles. The van der Waals surface area contributed by atoms with Crippen molar-refractivity contribution in [2.24, 2.45) is 5.92 Å². The number of carboxylic acid groups (broad SMARTS) is 1. The summed E-state index contributed by atoms with van der Waals surface area (Å²) in [6.45, 7) is 4.24. The van der Waals surface area contributed by atoms with Gasteiger partial charge in [-0.3, -0.25) is 9.59 Å². The number of nitrogens with one attached hydrogen (secondary N) is 1. The van der Waals surface area contributed by atoms with E-state index in [9.17, 15) is 19.5 Å². The zero-order valence-corrected chi connectivity index (χ0v) is 20.2. The molecule has 2 N–H and O–H groups in total. The van der Waals surface area contributed by atoms with Gasteiger partial charge >= 0.3 is 5.97 Å². The molecular weight excluding hydrogens is 448 g/mol. The highest BCUT2D eigenvalue weighted by atomic mass is 16.5. The first-order valence-electron chi connectivity index (χ1n) is 11.9. The number of benzene rings is 1. The van der Waals surface area contributed by atoms with Crippen molar-refractivity contribution in [3.63, 3.8) is 0 Å². The number of ether oxygens (including phenoxy) is 1. The van der Waals surface area contributed by atoms with Gasteiger partial charge in [0.1, 0.15) is 5.54 Å². The second-order valence-corrected chi connectivity index (χ2v) is 9.59. The smallest absolute Gasteiger partial charge is 0.356 e. The number of hydrogen-bond acceptors (Lipinski definition) is 6. The van der Waals surface area contributed by atoms with Crippen molar-refractivity contribution in [2.45, 2.75) is 31.7 Å². The summed E-state index contributed by atoms with van der Waals surface area (Å²) < 4.78 is 5.49. The highest BCUT2D eigenvalue weighted by Gasteiger charge is 2.41. The molecule has 1 atom stereocenters. The Morgan fingerprint density at radius 3 is 2.77 bits per heavy atom. The third-order valence-corrected chi connectivity index (χ3v) is 6.82. The molecule has 2 fully saturated rings. The second kappa shape index (κ2) is 10.4. The van der Waals surface area contributed by atoms with Crippen LogP contribution >= 0.6 is 0 Å². The lowest BCUT2D eigenvalue weighted by Crippen LogP contribution is -2.62. The van der Waals surface area contributed by atoms with E-state index in [1.165, 1.54) is 5.56 Å². The van der Waals surface area contributed by atoms with E-state index >= 15 is 0 Å². The van der Waals surface area contributed by atoms with Gasteiger partial charge < -0.3 is 25.0 Å². The normalized spacial score (nSPS) is 19.1. The third kappa shape index (κ3) is 5.62. The lowest BCUT2D eigenvalue weighted by molar-refractivity contribution is -0.135. The molecule has 0 bridgehead atoms. The van der Waals surface area contributed by atoms with Gasteiger partial charge in [0.05, 0.1) is 18.9 Å². The van der Waals surface area contributed by atoms with Crippen molar-refractivity contribution < 1.29 is 24.2 Å². The number of carbonyl (C=O) groups excluding carboxylic acids is 2. The summed E-state index contributed by atoms with van der Waals surface area (Å²) in [4.78, 5) is 43.5. The Labute approximate surface area is 205 Å². The van der Waals surface area contributed by atoms with Crippen LogP contribution in [-0.4, -0.2) is 83.6 Å². The summed E-state index contributed by atoms with van der Waals surface area (Å²) in [5.41, 5.74) is 2.62. The number of anilines is 1. The van der Waals surface area contributed by atoms with E-state index in [1.54, 1.807) is 29.1 Å². The van der Waals surface area contributed by atoms with E-state index in [4.69, 9.17) is 4.74 Å². The largest absolute Gasteiger partial charge is 0.476 e. The van der Waals surface area contributed by atoms with Crippen LogP contribution in [0.2, 0.25) is 0 Å². The molecule has 35 heavy (non-hydrogen) atoms. The topological polar surface area (TPSA) is 112 Å². The van der Waals surface area contributed by atoms with Crippen LogP contribution in [0.1, 0.15) is 35.8 Å². The van der Waals surface area contributed by atoms with Gasteiger partial charge in [0.25, 0.3) is 0 Å². The minimum Gasteiger partial charge on any atom is -0.476 e. The van der Waals surface area contributed by atoms with Crippen LogP contribution in [0.4, 0.5) is 5.69 Å². The minimum atomic E-state index is -1.13. The average molecular weight is 481 g/mol. The van der Waals surface area contributed by atoms with Crippen LogP contribution in [0, 0.1) is 5.92 Å². The number of aromatic nitrogens is 1. The fourth-order valence-electron chi connectivity index (χ4n) is 4.72. The molecule has 2 aliphatic rings. The van der Waals surface area contributed by atoms with E-state index in [2.05, 4.69) is 23.3 Å². The first-order valence-corrected chi connectivity index (χ1v) is 11.9. The first-order chi connectivity index (χ1) is 16.8. The molecule has 186 valence electrons. The van der Waals surface area contributed by atoms with Gasteiger partial charge in [-0.1, -0.05) is 31.2 Å². The molecular formula is C26H32N4O5. The van der Waals surface area contributed by atoms with Crippen molar-refractivity contribution in [3.05, 3.63) is 47.8 Å². The Morgan fingerprint density at radius 1 is 1.34 bits per heavy atom. The van der Waals surface area contributed by atoms with E-state index in [1.807, 2.05) is 18.2 Å². The van der Waals surface area contributed by atoms with Crippen molar-refractivity contribution in [2.75, 3.05) is 45.2 Å². The highest BCUT2D eigenvalue weighted by molar-refractivity contribution is 5.93. The maximum absolute atomic E-state index is 12.1. The van der Waals surface area contributed by atoms with Gasteiger partial charge in [-0.05, 0) is 36.0 Å². The molecule has 2 saturated heterocycles. The average Bonchev–Trinajstić information content (AvgIpc) is 2.84. The predicted octanol–water partition coefficient (Wildman–Crippen LogP) is 2.52. The Balaban J connectivity index is 1.55. The van der Waals surface area contributed by atoms with Crippen molar-refractivity contribution >= 4 is 24.0 Å². The molecule has 0 radical (unpaired) electrons. The van der Waals surface area contributed by atoms with Gasteiger partial charge in [0.2, 0.25) is 12.3 Å². The summed E-state index contributed by atoms with van der Waals surface area (Å²) in [5.74, 6) is -0.936. The minimum absolute atomic E-state index is 0.0785. The number of aryl methyl sites for hydroxylation is 1. The maximum Gasteiger partial charge on any atom is 0.356 e. The van der Waals surface area contributed by atoms with Crippen molar-refractivity contribution in [1.82, 2.24) is 14.8 Å². The lowest BCUT2D eigenvalue weighted by atomic mass is 9.92. The van der Waals surface area contributed by atoms with Gasteiger partial charge in [0.15, 0.2) is 5.69 Å². The number of carbonyl (C=O) groups is 3. The highest BCUT2D eigenvalue weighted by Crippen LogP contribution is 2.31. The Bertz CT molecular complexity index is 1100. The monoisotopic (exact) mass is 480 g/mol. The van der Waals surface area contributed by atoms with Gasteiger partial charge in [0, 0.05) is 44.9 Å². The fraction of sp³-hybridized carbons (Fsp3) is 0.462. The Hall–Kier alpha value is -3.46. The van der Waals surface area contributed by atoms with Crippen LogP contribution in [-0.2, 0) is 20.7 Å². The van der Waals surface area contributed by atoms with Crippen LogP contribution in [0.3, 0.4) is 0 Å². The second-order valence-electron chi connectivity index (χ2n) is 9.59. The van der Waals surface area contributed by atoms with E-state index in [-0.39, 0.29) is 17.5 Å². The Kier molecular flexibility index (Phi) is 7.35. The van der Waals surface area contributed by atoms with Crippen molar-refractivity contribution in [1.29, 1.82) is 0 Å². The van der Waals surface area contributed by atoms with E-state index in [0.717, 1.165) is 30.4 Å². The van der Waals surface area contributed by atoms with Crippen LogP contribution in [0.15, 0.2) is 36.5 Å². The molecule has 2 aromatic rings. The number of likely N-dealkylation sites (tertiary alicyclic amines) is 1. The molecule has 2 aliphatic heterocycles. The number of aromatic carboxylic acids is 1. The van der Waals surface area contributed by atoms with Crippen LogP contribution < -0.4 is 5.32 Å². The van der Waals surface area contributed by atoms with Crippen LogP contribution in [0.5, 0.6) is 0 Å². The van der Waals surface area contributed by atoms with E-state index in [0.29, 0.717) is 45.0 Å². The third-order valence-electron chi connectivity index (χ3n) is 6.82. The zero-order valence-electron chi connectivity index (χ0n) is 20.2. The fourth-order valence-corrected chi connectivity index (χ4v) is 4.72. The predicted molar refractivity (Wildman–Crippen MR) is 131 cm³/mol. The summed E-state index contributed by atoms with van der Waals surface area (Å²) in [5, 5.41) is 13.1. The molecule has 9 heteroatoms. The number of amides is 2. The molecule has 0 spiro atoms. The number of nitrogens with zero attached hydrogens (tertiary/aromatic N) is 3. The lowest BCUT2D eigenvalue weighted by Gasteiger charge is -2.45. The summed E-state index contributed by atoms with van der Waals surface area (Å²) >= 11 is 0. The quantitative estimate of drug-likeness (QED) is 0.503. The Morgan fingerprint density at radius 2 is 2.14 bits per heavy atom. The number of hydrogen-bond donors (Lipinski definition) is 2. The van der Waals surface area contributed by atoms with Gasteiger partial charge in [-0.15, -0.1) is 0 Å². The zero-order chi connectivity index (χ0) is 25.0.